The molecule has 0 aromatic carbocycles. The van der Waals surface area contributed by atoms with Crippen LogP contribution >= 0.6 is 0 Å². The van der Waals surface area contributed by atoms with Crippen molar-refractivity contribution in [1.82, 2.24) is 9.88 Å². The summed E-state index contributed by atoms with van der Waals surface area (Å²) in [5.74, 6) is -0.269. The molecule has 1 aliphatic carbocycles. The van der Waals surface area contributed by atoms with E-state index in [2.05, 4.69) is 9.88 Å². The Morgan fingerprint density at radius 3 is 2.33 bits per heavy atom. The van der Waals surface area contributed by atoms with Crippen molar-refractivity contribution in [2.24, 2.45) is 5.41 Å². The molecule has 1 aromatic heterocycles. The average Bonchev–Trinajstić information content (AvgIpc) is 2.47. The first-order chi connectivity index (χ1) is 10.1. The van der Waals surface area contributed by atoms with Gasteiger partial charge >= 0.3 is 5.97 Å². The van der Waals surface area contributed by atoms with E-state index in [1.54, 1.807) is 11.1 Å². The summed E-state index contributed by atoms with van der Waals surface area (Å²) in [7, 11) is 0. The molecular formula is C15H19N3O3. The van der Waals surface area contributed by atoms with Crippen LogP contribution in [-0.2, 0) is 9.59 Å². The highest BCUT2D eigenvalue weighted by atomic mass is 16.4. The van der Waals surface area contributed by atoms with Crippen LogP contribution in [-0.4, -0.2) is 53.0 Å². The number of carbonyl (C=O) groups excluding carboxylic acids is 1. The Morgan fingerprint density at radius 1 is 1.14 bits per heavy atom. The van der Waals surface area contributed by atoms with Crippen molar-refractivity contribution < 1.29 is 14.7 Å². The number of carboxylic acids is 1. The van der Waals surface area contributed by atoms with Gasteiger partial charge in [-0.25, -0.2) is 4.98 Å². The molecule has 21 heavy (non-hydrogen) atoms. The van der Waals surface area contributed by atoms with Gasteiger partial charge in [-0.2, -0.15) is 0 Å². The van der Waals surface area contributed by atoms with E-state index in [4.69, 9.17) is 0 Å². The molecule has 0 bridgehead atoms. The zero-order chi connectivity index (χ0) is 14.9. The normalized spacial score (nSPS) is 20.8. The van der Waals surface area contributed by atoms with E-state index in [1.807, 2.05) is 18.2 Å². The van der Waals surface area contributed by atoms with E-state index in [1.165, 1.54) is 0 Å². The molecule has 1 amide bonds. The van der Waals surface area contributed by atoms with Gasteiger partial charge in [0.25, 0.3) is 0 Å². The van der Waals surface area contributed by atoms with Gasteiger partial charge in [0, 0.05) is 32.4 Å². The number of aliphatic carboxylic acids is 1. The largest absolute Gasteiger partial charge is 0.480 e. The molecule has 0 radical (unpaired) electrons. The summed E-state index contributed by atoms with van der Waals surface area (Å²) >= 11 is 0. The van der Waals surface area contributed by atoms with Gasteiger partial charge in [0.1, 0.15) is 11.2 Å². The molecule has 3 rings (SSSR count). The second-order valence-electron chi connectivity index (χ2n) is 5.71. The van der Waals surface area contributed by atoms with E-state index in [0.29, 0.717) is 39.0 Å². The van der Waals surface area contributed by atoms with Gasteiger partial charge in [-0.3, -0.25) is 9.59 Å². The first kappa shape index (κ1) is 13.9. The summed E-state index contributed by atoms with van der Waals surface area (Å²) in [6.07, 6.45) is 3.52. The molecule has 0 spiro atoms. The number of amides is 1. The summed E-state index contributed by atoms with van der Waals surface area (Å²) in [4.78, 5) is 32.0. The topological polar surface area (TPSA) is 73.7 Å². The quantitative estimate of drug-likeness (QED) is 0.840. The van der Waals surface area contributed by atoms with Gasteiger partial charge in [0.05, 0.1) is 0 Å². The fourth-order valence-electron chi connectivity index (χ4n) is 3.03. The summed E-state index contributed by atoms with van der Waals surface area (Å²) in [6.45, 7) is 2.51. The first-order valence-electron chi connectivity index (χ1n) is 7.32. The Balaban J connectivity index is 1.63. The fourth-order valence-corrected chi connectivity index (χ4v) is 3.03. The zero-order valence-electron chi connectivity index (χ0n) is 11.9. The second-order valence-corrected chi connectivity index (χ2v) is 5.71. The second kappa shape index (κ2) is 5.35. The van der Waals surface area contributed by atoms with Crippen LogP contribution in [0, 0.1) is 5.41 Å². The number of nitrogens with zero attached hydrogens (tertiary/aromatic N) is 3. The van der Waals surface area contributed by atoms with Crippen LogP contribution in [0.25, 0.3) is 0 Å². The Morgan fingerprint density at radius 2 is 1.86 bits per heavy atom. The number of hydrogen-bond donors (Lipinski definition) is 1. The highest BCUT2D eigenvalue weighted by molar-refractivity contribution is 6.02. The third-order valence-electron chi connectivity index (χ3n) is 4.57. The van der Waals surface area contributed by atoms with Crippen LogP contribution in [0.5, 0.6) is 0 Å². The standard InChI is InChI=1S/C15H19N3O3/c19-13(15(14(20)21)5-3-6-15)18-10-8-17(9-11-18)12-4-1-2-7-16-12/h1-2,4,7H,3,5-6,8-11H2,(H,20,21). The predicted octanol–water partition coefficient (Wildman–Crippen LogP) is 0.985. The van der Waals surface area contributed by atoms with Crippen molar-refractivity contribution in [2.75, 3.05) is 31.1 Å². The van der Waals surface area contributed by atoms with Gasteiger partial charge in [0.2, 0.25) is 5.91 Å². The summed E-state index contributed by atoms with van der Waals surface area (Å²) in [5.41, 5.74) is -1.15. The molecule has 1 N–H and O–H groups in total. The molecule has 2 fully saturated rings. The minimum atomic E-state index is -1.15. The van der Waals surface area contributed by atoms with Crippen LogP contribution in [0.2, 0.25) is 0 Å². The van der Waals surface area contributed by atoms with Crippen molar-refractivity contribution in [3.05, 3.63) is 24.4 Å². The zero-order valence-corrected chi connectivity index (χ0v) is 11.9. The molecule has 1 aliphatic heterocycles. The van der Waals surface area contributed by atoms with Crippen molar-refractivity contribution in [1.29, 1.82) is 0 Å². The Hall–Kier alpha value is -2.11. The maximum absolute atomic E-state index is 12.5. The highest BCUT2D eigenvalue weighted by Crippen LogP contribution is 2.43. The smallest absolute Gasteiger partial charge is 0.319 e. The fraction of sp³-hybridized carbons (Fsp3) is 0.533. The minimum absolute atomic E-state index is 0.207. The molecule has 6 heteroatoms. The molecule has 1 saturated carbocycles. The molecule has 112 valence electrons. The van der Waals surface area contributed by atoms with Crippen LogP contribution in [0.4, 0.5) is 5.82 Å². The molecule has 0 atom stereocenters. The van der Waals surface area contributed by atoms with Crippen LogP contribution in [0.3, 0.4) is 0 Å². The average molecular weight is 289 g/mol. The third kappa shape index (κ3) is 2.34. The van der Waals surface area contributed by atoms with Crippen molar-refractivity contribution in [3.63, 3.8) is 0 Å². The first-order valence-corrected chi connectivity index (χ1v) is 7.32. The number of hydrogen-bond acceptors (Lipinski definition) is 4. The third-order valence-corrected chi connectivity index (χ3v) is 4.57. The van der Waals surface area contributed by atoms with Gasteiger partial charge in [-0.1, -0.05) is 12.5 Å². The lowest BCUT2D eigenvalue weighted by Gasteiger charge is -2.43. The predicted molar refractivity (Wildman–Crippen MR) is 76.9 cm³/mol. The van der Waals surface area contributed by atoms with E-state index in [9.17, 15) is 14.7 Å². The van der Waals surface area contributed by atoms with Crippen LogP contribution in [0.1, 0.15) is 19.3 Å². The number of rotatable bonds is 3. The molecular weight excluding hydrogens is 270 g/mol. The van der Waals surface area contributed by atoms with Crippen molar-refractivity contribution in [3.8, 4) is 0 Å². The van der Waals surface area contributed by atoms with E-state index in [0.717, 1.165) is 12.2 Å². The van der Waals surface area contributed by atoms with Crippen LogP contribution in [0.15, 0.2) is 24.4 Å². The monoisotopic (exact) mass is 289 g/mol. The molecule has 2 aliphatic rings. The molecule has 1 saturated heterocycles. The van der Waals surface area contributed by atoms with Crippen LogP contribution < -0.4 is 4.90 Å². The summed E-state index contributed by atoms with van der Waals surface area (Å²) in [6, 6.07) is 5.76. The van der Waals surface area contributed by atoms with E-state index >= 15 is 0 Å². The molecule has 0 unspecified atom stereocenters. The lowest BCUT2D eigenvalue weighted by molar-refractivity contribution is -0.167. The van der Waals surface area contributed by atoms with Gasteiger partial charge in [-0.15, -0.1) is 0 Å². The number of pyridine rings is 1. The Bertz CT molecular complexity index is 534. The summed E-state index contributed by atoms with van der Waals surface area (Å²) in [5, 5.41) is 9.35. The number of anilines is 1. The van der Waals surface area contributed by atoms with Crippen molar-refractivity contribution >= 4 is 17.7 Å². The van der Waals surface area contributed by atoms with E-state index in [-0.39, 0.29) is 5.91 Å². The van der Waals surface area contributed by atoms with Gasteiger partial charge in [-0.05, 0) is 25.0 Å². The maximum Gasteiger partial charge on any atom is 0.319 e. The van der Waals surface area contributed by atoms with E-state index < -0.39 is 11.4 Å². The number of carbonyl (C=O) groups is 2. The number of carboxylic acid groups (broad SMARTS) is 1. The lowest BCUT2D eigenvalue weighted by atomic mass is 9.67. The lowest BCUT2D eigenvalue weighted by Crippen LogP contribution is -2.57. The number of piperazine rings is 1. The maximum atomic E-state index is 12.5. The van der Waals surface area contributed by atoms with Gasteiger partial charge in [0.15, 0.2) is 0 Å². The SMILES string of the molecule is O=C(O)C1(C(=O)N2CCN(c3ccccn3)CC2)CCC1. The Kier molecular flexibility index (Phi) is 3.53. The molecule has 2 heterocycles. The minimum Gasteiger partial charge on any atom is -0.480 e. The Labute approximate surface area is 123 Å². The number of aromatic nitrogens is 1. The van der Waals surface area contributed by atoms with Gasteiger partial charge < -0.3 is 14.9 Å². The highest BCUT2D eigenvalue weighted by Gasteiger charge is 2.53. The van der Waals surface area contributed by atoms with Crippen molar-refractivity contribution in [2.45, 2.75) is 19.3 Å². The summed E-state index contributed by atoms with van der Waals surface area (Å²) < 4.78 is 0. The molecule has 1 aromatic rings. The molecule has 6 nitrogen and oxygen atoms in total.